The summed E-state index contributed by atoms with van der Waals surface area (Å²) in [6.45, 7) is 8.96. The molecule has 1 N–H and O–H groups in total. The second-order valence-electron chi connectivity index (χ2n) is 6.76. The van der Waals surface area contributed by atoms with E-state index in [9.17, 15) is 4.79 Å². The molecule has 0 spiro atoms. The van der Waals surface area contributed by atoms with Crippen LogP contribution in [0, 0.1) is 11.8 Å². The van der Waals surface area contributed by atoms with E-state index >= 15 is 0 Å². The minimum absolute atomic E-state index is 0.0777. The van der Waals surface area contributed by atoms with Gasteiger partial charge in [-0.2, -0.15) is 0 Å². The molecule has 0 aliphatic carbocycles. The highest BCUT2D eigenvalue weighted by molar-refractivity contribution is 5.97. The van der Waals surface area contributed by atoms with Crippen LogP contribution >= 0.6 is 0 Å². The van der Waals surface area contributed by atoms with Gasteiger partial charge in [0, 0.05) is 6.04 Å². The zero-order valence-electron chi connectivity index (χ0n) is 15.0. The van der Waals surface area contributed by atoms with Gasteiger partial charge in [-0.15, -0.1) is 0 Å². The highest BCUT2D eigenvalue weighted by Crippen LogP contribution is 2.21. The molecule has 24 heavy (non-hydrogen) atoms. The highest BCUT2D eigenvalue weighted by atomic mass is 16.5. The summed E-state index contributed by atoms with van der Waals surface area (Å²) in [6, 6.07) is 17.5. The Kier molecular flexibility index (Phi) is 6.42. The van der Waals surface area contributed by atoms with Gasteiger partial charge in [0.05, 0.1) is 5.56 Å². The van der Waals surface area contributed by atoms with Crippen molar-refractivity contribution in [3.05, 3.63) is 65.7 Å². The molecule has 0 radical (unpaired) electrons. The average Bonchev–Trinajstić information content (AvgIpc) is 2.58. The second kappa shape index (κ2) is 8.53. The van der Waals surface area contributed by atoms with Crippen molar-refractivity contribution in [1.29, 1.82) is 0 Å². The predicted octanol–water partition coefficient (Wildman–Crippen LogP) is 4.68. The molecular formula is C21H27NO2. The molecule has 0 saturated carbocycles. The fourth-order valence-electron chi connectivity index (χ4n) is 2.85. The Hall–Kier alpha value is -2.29. The van der Waals surface area contributed by atoms with Crippen molar-refractivity contribution in [2.75, 3.05) is 0 Å². The van der Waals surface area contributed by atoms with Gasteiger partial charge in [-0.05, 0) is 29.5 Å². The van der Waals surface area contributed by atoms with Crippen molar-refractivity contribution in [2.45, 2.75) is 40.3 Å². The summed E-state index contributed by atoms with van der Waals surface area (Å²) in [5.74, 6) is 1.30. The molecule has 1 amide bonds. The van der Waals surface area contributed by atoms with E-state index in [0.717, 1.165) is 5.56 Å². The Morgan fingerprint density at radius 2 is 1.50 bits per heavy atom. The predicted molar refractivity (Wildman–Crippen MR) is 98.1 cm³/mol. The number of carbonyl (C=O) groups excluding carboxylic acids is 1. The van der Waals surface area contributed by atoms with Gasteiger partial charge in [-0.25, -0.2) is 0 Å². The van der Waals surface area contributed by atoms with E-state index in [1.165, 1.54) is 0 Å². The van der Waals surface area contributed by atoms with Gasteiger partial charge in [0.2, 0.25) is 0 Å². The van der Waals surface area contributed by atoms with E-state index in [0.29, 0.717) is 29.8 Å². The largest absolute Gasteiger partial charge is 0.488 e. The molecule has 2 aromatic carbocycles. The lowest BCUT2D eigenvalue weighted by molar-refractivity contribution is 0.0906. The smallest absolute Gasteiger partial charge is 0.255 e. The maximum Gasteiger partial charge on any atom is 0.255 e. The van der Waals surface area contributed by atoms with E-state index in [1.54, 1.807) is 0 Å². The number of benzene rings is 2. The number of nitrogens with one attached hydrogen (secondary N) is 1. The summed E-state index contributed by atoms with van der Waals surface area (Å²) in [5.41, 5.74) is 1.66. The van der Waals surface area contributed by atoms with Crippen LogP contribution in [-0.2, 0) is 6.61 Å². The fourth-order valence-corrected chi connectivity index (χ4v) is 2.85. The maximum atomic E-state index is 12.7. The number of amides is 1. The molecule has 0 aliphatic rings. The number of para-hydroxylation sites is 1. The standard InChI is InChI=1S/C21H27NO2/c1-15(2)20(16(3)4)22-21(23)18-12-8-9-13-19(18)24-14-17-10-6-5-7-11-17/h5-13,15-16,20H,14H2,1-4H3,(H,22,23). The Labute approximate surface area is 145 Å². The molecule has 0 atom stereocenters. The molecule has 2 aromatic rings. The molecular weight excluding hydrogens is 298 g/mol. The van der Waals surface area contributed by atoms with E-state index in [2.05, 4.69) is 33.0 Å². The third kappa shape index (κ3) is 4.85. The first-order chi connectivity index (χ1) is 11.5. The van der Waals surface area contributed by atoms with Crippen molar-refractivity contribution in [2.24, 2.45) is 11.8 Å². The van der Waals surface area contributed by atoms with Gasteiger partial charge >= 0.3 is 0 Å². The zero-order chi connectivity index (χ0) is 17.5. The number of hydrogen-bond donors (Lipinski definition) is 1. The number of carbonyl (C=O) groups is 1. The van der Waals surface area contributed by atoms with Crippen LogP contribution in [0.3, 0.4) is 0 Å². The summed E-state index contributed by atoms with van der Waals surface area (Å²) in [7, 11) is 0. The van der Waals surface area contributed by atoms with Gasteiger partial charge in [0.15, 0.2) is 0 Å². The summed E-state index contributed by atoms with van der Waals surface area (Å²) in [6.07, 6.45) is 0. The number of ether oxygens (including phenoxy) is 1. The number of rotatable bonds is 7. The van der Waals surface area contributed by atoms with Crippen LogP contribution in [0.2, 0.25) is 0 Å². The maximum absolute atomic E-state index is 12.7. The molecule has 128 valence electrons. The minimum Gasteiger partial charge on any atom is -0.488 e. The second-order valence-corrected chi connectivity index (χ2v) is 6.76. The van der Waals surface area contributed by atoms with Crippen LogP contribution < -0.4 is 10.1 Å². The van der Waals surface area contributed by atoms with Crippen LogP contribution in [0.5, 0.6) is 5.75 Å². The van der Waals surface area contributed by atoms with Crippen LogP contribution in [0.4, 0.5) is 0 Å². The van der Waals surface area contributed by atoms with Crippen molar-refractivity contribution in [3.63, 3.8) is 0 Å². The summed E-state index contributed by atoms with van der Waals surface area (Å²) in [5, 5.41) is 3.15. The summed E-state index contributed by atoms with van der Waals surface area (Å²) in [4.78, 5) is 12.7. The van der Waals surface area contributed by atoms with Crippen molar-refractivity contribution < 1.29 is 9.53 Å². The Balaban J connectivity index is 2.11. The Bertz CT molecular complexity index is 642. The summed E-state index contributed by atoms with van der Waals surface area (Å²) >= 11 is 0. The van der Waals surface area contributed by atoms with Gasteiger partial charge < -0.3 is 10.1 Å². The topological polar surface area (TPSA) is 38.3 Å². The van der Waals surface area contributed by atoms with Crippen LogP contribution in [0.15, 0.2) is 54.6 Å². The third-order valence-corrected chi connectivity index (χ3v) is 4.10. The van der Waals surface area contributed by atoms with E-state index in [1.807, 2.05) is 54.6 Å². The van der Waals surface area contributed by atoms with Gasteiger partial charge in [0.1, 0.15) is 12.4 Å². The van der Waals surface area contributed by atoms with Crippen LogP contribution in [0.1, 0.15) is 43.6 Å². The van der Waals surface area contributed by atoms with E-state index in [4.69, 9.17) is 4.74 Å². The normalized spacial score (nSPS) is 11.1. The molecule has 0 fully saturated rings. The highest BCUT2D eigenvalue weighted by Gasteiger charge is 2.22. The molecule has 0 unspecified atom stereocenters. The first-order valence-electron chi connectivity index (χ1n) is 8.55. The van der Waals surface area contributed by atoms with E-state index < -0.39 is 0 Å². The Morgan fingerprint density at radius 3 is 2.12 bits per heavy atom. The average molecular weight is 325 g/mol. The lowest BCUT2D eigenvalue weighted by Gasteiger charge is -2.26. The lowest BCUT2D eigenvalue weighted by Crippen LogP contribution is -2.42. The van der Waals surface area contributed by atoms with Crippen molar-refractivity contribution in [3.8, 4) is 5.75 Å². The van der Waals surface area contributed by atoms with Gasteiger partial charge in [-0.1, -0.05) is 70.2 Å². The molecule has 0 aliphatic heterocycles. The molecule has 0 heterocycles. The molecule has 3 nitrogen and oxygen atoms in total. The fraction of sp³-hybridized carbons (Fsp3) is 0.381. The quantitative estimate of drug-likeness (QED) is 0.803. The lowest BCUT2D eigenvalue weighted by atomic mass is 9.93. The minimum atomic E-state index is -0.0777. The van der Waals surface area contributed by atoms with E-state index in [-0.39, 0.29) is 11.9 Å². The molecule has 2 rings (SSSR count). The molecule has 0 bridgehead atoms. The SMILES string of the molecule is CC(C)C(NC(=O)c1ccccc1OCc1ccccc1)C(C)C. The first kappa shape index (κ1) is 18.1. The van der Waals surface area contributed by atoms with Crippen molar-refractivity contribution in [1.82, 2.24) is 5.32 Å². The van der Waals surface area contributed by atoms with Crippen LogP contribution in [0.25, 0.3) is 0 Å². The molecule has 0 aromatic heterocycles. The van der Waals surface area contributed by atoms with Crippen molar-refractivity contribution >= 4 is 5.91 Å². The van der Waals surface area contributed by atoms with Gasteiger partial charge in [0.25, 0.3) is 5.91 Å². The Morgan fingerprint density at radius 1 is 0.917 bits per heavy atom. The third-order valence-electron chi connectivity index (χ3n) is 4.10. The molecule has 3 heteroatoms. The monoisotopic (exact) mass is 325 g/mol. The first-order valence-corrected chi connectivity index (χ1v) is 8.55. The summed E-state index contributed by atoms with van der Waals surface area (Å²) < 4.78 is 5.89. The molecule has 0 saturated heterocycles. The number of hydrogen-bond acceptors (Lipinski definition) is 2. The van der Waals surface area contributed by atoms with Gasteiger partial charge in [-0.3, -0.25) is 4.79 Å². The van der Waals surface area contributed by atoms with Crippen LogP contribution in [-0.4, -0.2) is 11.9 Å². The zero-order valence-corrected chi connectivity index (χ0v) is 15.0.